The van der Waals surface area contributed by atoms with Crippen LogP contribution in [0.3, 0.4) is 0 Å². The fourth-order valence-electron chi connectivity index (χ4n) is 2.78. The average molecular weight is 254 g/mol. The molecular formula is C11H18N4OS. The molecule has 1 unspecified atom stereocenters. The minimum absolute atomic E-state index is 0.556. The molecule has 6 heteroatoms. The van der Waals surface area contributed by atoms with Gasteiger partial charge in [0.2, 0.25) is 5.13 Å². The highest BCUT2D eigenvalue weighted by atomic mass is 32.1. The van der Waals surface area contributed by atoms with E-state index in [4.69, 9.17) is 4.74 Å². The lowest BCUT2D eigenvalue weighted by molar-refractivity contribution is 0.0560. The zero-order valence-corrected chi connectivity index (χ0v) is 10.7. The third kappa shape index (κ3) is 2.43. The Balaban J connectivity index is 1.75. The van der Waals surface area contributed by atoms with E-state index >= 15 is 0 Å². The minimum Gasteiger partial charge on any atom is -0.381 e. The van der Waals surface area contributed by atoms with Gasteiger partial charge in [-0.1, -0.05) is 0 Å². The van der Waals surface area contributed by atoms with Crippen LogP contribution in [0.5, 0.6) is 0 Å². The predicted molar refractivity (Wildman–Crippen MR) is 67.5 cm³/mol. The number of anilines is 1. The molecule has 2 aliphatic heterocycles. The molecular weight excluding hydrogens is 236 g/mol. The molecule has 0 aliphatic carbocycles. The largest absolute Gasteiger partial charge is 0.381 e. The summed E-state index contributed by atoms with van der Waals surface area (Å²) in [4.78, 5) is 6.79. The van der Waals surface area contributed by atoms with Crippen LogP contribution in [0.1, 0.15) is 12.8 Å². The van der Waals surface area contributed by atoms with Crippen molar-refractivity contribution in [3.8, 4) is 0 Å². The Labute approximate surface area is 105 Å². The summed E-state index contributed by atoms with van der Waals surface area (Å²) in [5, 5.41) is 4.57. The molecule has 2 fully saturated rings. The van der Waals surface area contributed by atoms with Crippen molar-refractivity contribution in [3.05, 3.63) is 6.33 Å². The Morgan fingerprint density at radius 1 is 1.41 bits per heavy atom. The van der Waals surface area contributed by atoms with Crippen molar-refractivity contribution >= 4 is 16.7 Å². The molecule has 0 saturated carbocycles. The lowest BCUT2D eigenvalue weighted by atomic mass is 9.90. The van der Waals surface area contributed by atoms with Crippen molar-refractivity contribution in [3.63, 3.8) is 0 Å². The van der Waals surface area contributed by atoms with Crippen molar-refractivity contribution in [2.24, 2.45) is 5.92 Å². The standard InChI is InChI=1S/C11H18N4OS/c1-5-16-6-2-9(1)10-7-12-3-4-15(10)11-13-8-14-17-11/h8-10,12H,1-7H2. The quantitative estimate of drug-likeness (QED) is 0.844. The van der Waals surface area contributed by atoms with Gasteiger partial charge in [0.15, 0.2) is 0 Å². The highest BCUT2D eigenvalue weighted by molar-refractivity contribution is 7.09. The van der Waals surface area contributed by atoms with Crippen LogP contribution in [-0.4, -0.2) is 48.2 Å². The Morgan fingerprint density at radius 3 is 3.06 bits per heavy atom. The summed E-state index contributed by atoms with van der Waals surface area (Å²) in [6.45, 7) is 4.96. The Morgan fingerprint density at radius 2 is 2.29 bits per heavy atom. The number of nitrogens with one attached hydrogen (secondary N) is 1. The van der Waals surface area contributed by atoms with Crippen molar-refractivity contribution in [2.45, 2.75) is 18.9 Å². The highest BCUT2D eigenvalue weighted by Crippen LogP contribution is 2.28. The number of nitrogens with zero attached hydrogens (tertiary/aromatic N) is 3. The fourth-order valence-corrected chi connectivity index (χ4v) is 3.39. The third-order valence-electron chi connectivity index (χ3n) is 3.69. The number of piperazine rings is 1. The van der Waals surface area contributed by atoms with Gasteiger partial charge in [-0.3, -0.25) is 0 Å². The molecule has 1 aromatic heterocycles. The van der Waals surface area contributed by atoms with E-state index < -0.39 is 0 Å². The molecule has 1 N–H and O–H groups in total. The van der Waals surface area contributed by atoms with Gasteiger partial charge in [-0.2, -0.15) is 4.37 Å². The first-order valence-electron chi connectivity index (χ1n) is 6.27. The van der Waals surface area contributed by atoms with Crippen molar-refractivity contribution in [1.29, 1.82) is 0 Å². The molecule has 3 heterocycles. The zero-order valence-electron chi connectivity index (χ0n) is 9.84. The number of hydrogen-bond donors (Lipinski definition) is 1. The summed E-state index contributed by atoms with van der Waals surface area (Å²) in [6.07, 6.45) is 3.99. The maximum Gasteiger partial charge on any atom is 0.205 e. The first kappa shape index (κ1) is 11.4. The fraction of sp³-hybridized carbons (Fsp3) is 0.818. The second kappa shape index (κ2) is 5.29. The van der Waals surface area contributed by atoms with Crippen molar-refractivity contribution < 1.29 is 4.74 Å². The molecule has 0 spiro atoms. The predicted octanol–water partition coefficient (Wildman–Crippen LogP) is 0.743. The highest BCUT2D eigenvalue weighted by Gasteiger charge is 2.32. The molecule has 2 saturated heterocycles. The van der Waals surface area contributed by atoms with Gasteiger partial charge < -0.3 is 15.0 Å². The molecule has 94 valence electrons. The lowest BCUT2D eigenvalue weighted by Crippen LogP contribution is -2.55. The summed E-state index contributed by atoms with van der Waals surface area (Å²) in [5.41, 5.74) is 0. The van der Waals surface area contributed by atoms with Gasteiger partial charge in [-0.05, 0) is 18.8 Å². The summed E-state index contributed by atoms with van der Waals surface area (Å²) in [5.74, 6) is 0.723. The Kier molecular flexibility index (Phi) is 3.54. The second-order valence-electron chi connectivity index (χ2n) is 4.64. The van der Waals surface area contributed by atoms with E-state index in [-0.39, 0.29) is 0 Å². The normalized spacial score (nSPS) is 27.3. The lowest BCUT2D eigenvalue weighted by Gasteiger charge is -2.41. The smallest absolute Gasteiger partial charge is 0.205 e. The van der Waals surface area contributed by atoms with Crippen LogP contribution in [-0.2, 0) is 4.74 Å². The molecule has 0 aromatic carbocycles. The second-order valence-corrected chi connectivity index (χ2v) is 5.40. The number of hydrogen-bond acceptors (Lipinski definition) is 6. The SMILES string of the molecule is c1nsc(N2CCNCC2C2CCOCC2)n1. The van der Waals surface area contributed by atoms with Crippen LogP contribution in [0, 0.1) is 5.92 Å². The summed E-state index contributed by atoms with van der Waals surface area (Å²) in [6, 6.07) is 0.556. The van der Waals surface area contributed by atoms with Gasteiger partial charge in [-0.25, -0.2) is 4.98 Å². The maximum atomic E-state index is 5.45. The van der Waals surface area contributed by atoms with E-state index in [0.29, 0.717) is 6.04 Å². The third-order valence-corrected chi connectivity index (χ3v) is 4.39. The van der Waals surface area contributed by atoms with Crippen LogP contribution in [0.15, 0.2) is 6.33 Å². The Bertz CT molecular complexity index is 339. The molecule has 1 aromatic rings. The van der Waals surface area contributed by atoms with Crippen molar-refractivity contribution in [1.82, 2.24) is 14.7 Å². The van der Waals surface area contributed by atoms with Gasteiger partial charge in [0.1, 0.15) is 6.33 Å². The molecule has 0 amide bonds. The Hall–Kier alpha value is -0.720. The molecule has 2 aliphatic rings. The topological polar surface area (TPSA) is 50.3 Å². The van der Waals surface area contributed by atoms with E-state index in [0.717, 1.165) is 43.9 Å². The van der Waals surface area contributed by atoms with E-state index in [1.165, 1.54) is 24.4 Å². The van der Waals surface area contributed by atoms with Crippen LogP contribution in [0.4, 0.5) is 5.13 Å². The average Bonchev–Trinajstić information content (AvgIpc) is 2.94. The molecule has 0 bridgehead atoms. The maximum absolute atomic E-state index is 5.45. The van der Waals surface area contributed by atoms with E-state index in [1.54, 1.807) is 6.33 Å². The molecule has 0 radical (unpaired) electrons. The van der Waals surface area contributed by atoms with E-state index in [1.807, 2.05) is 0 Å². The summed E-state index contributed by atoms with van der Waals surface area (Å²) >= 11 is 1.50. The van der Waals surface area contributed by atoms with Crippen LogP contribution in [0.2, 0.25) is 0 Å². The first-order valence-corrected chi connectivity index (χ1v) is 7.04. The summed E-state index contributed by atoms with van der Waals surface area (Å²) in [7, 11) is 0. The molecule has 3 rings (SSSR count). The van der Waals surface area contributed by atoms with Gasteiger partial charge in [-0.15, -0.1) is 0 Å². The van der Waals surface area contributed by atoms with E-state index in [9.17, 15) is 0 Å². The number of aromatic nitrogens is 2. The van der Waals surface area contributed by atoms with Gasteiger partial charge in [0.05, 0.1) is 0 Å². The molecule has 5 nitrogen and oxygen atoms in total. The van der Waals surface area contributed by atoms with E-state index in [2.05, 4.69) is 19.6 Å². The van der Waals surface area contributed by atoms with Crippen molar-refractivity contribution in [2.75, 3.05) is 37.7 Å². The van der Waals surface area contributed by atoms with Crippen LogP contribution >= 0.6 is 11.5 Å². The van der Waals surface area contributed by atoms with Gasteiger partial charge in [0, 0.05) is 50.4 Å². The number of rotatable bonds is 2. The monoisotopic (exact) mass is 254 g/mol. The minimum atomic E-state index is 0.556. The summed E-state index contributed by atoms with van der Waals surface area (Å²) < 4.78 is 9.57. The number of ether oxygens (including phenoxy) is 1. The first-order chi connectivity index (χ1) is 8.45. The van der Waals surface area contributed by atoms with Crippen LogP contribution < -0.4 is 10.2 Å². The van der Waals surface area contributed by atoms with Gasteiger partial charge >= 0.3 is 0 Å². The zero-order chi connectivity index (χ0) is 11.5. The van der Waals surface area contributed by atoms with Gasteiger partial charge in [0.25, 0.3) is 0 Å². The van der Waals surface area contributed by atoms with Crippen LogP contribution in [0.25, 0.3) is 0 Å². The molecule has 1 atom stereocenters. The molecule has 17 heavy (non-hydrogen) atoms.